The number of hydrogen-bond acceptors (Lipinski definition) is 10. The predicted molar refractivity (Wildman–Crippen MR) is 203 cm³/mol. The highest BCUT2D eigenvalue weighted by molar-refractivity contribution is 7.46. The number of nitrogens with one attached hydrogen (secondary N) is 6. The number of nitrogens with two attached hydrogens (primary N) is 1. The monoisotopic (exact) mass is 822 g/mol. The van der Waals surface area contributed by atoms with Crippen LogP contribution in [0.2, 0.25) is 0 Å². The predicted octanol–water partition coefficient (Wildman–Crippen LogP) is -1.38. The number of primary amides is 1. The van der Waals surface area contributed by atoms with Crippen molar-refractivity contribution < 1.29 is 57.2 Å². The minimum Gasteiger partial charge on any atom is -0.404 e. The summed E-state index contributed by atoms with van der Waals surface area (Å²) < 4.78 is 15.9. The molecule has 2 saturated heterocycles. The summed E-state index contributed by atoms with van der Waals surface area (Å²) in [5.74, 6) is -7.01. The van der Waals surface area contributed by atoms with Crippen LogP contribution in [0.15, 0.2) is 24.3 Å². The average molecular weight is 823 g/mol. The maximum absolute atomic E-state index is 14.0. The SMILES string of the molecule is CC(=O)NC1CCCCNC(=O)[C@@H]2CCCN2C(=O)[C@H](C(C)C)NC(=O)C(CC(N)=O)NC(=O)C(C(C)C)NC(=O)[C@H](Cc2ccc(OP(=O)(O)O)cc2)NC1=O. The van der Waals surface area contributed by atoms with Gasteiger partial charge in [0.2, 0.25) is 47.3 Å². The van der Waals surface area contributed by atoms with Crippen LogP contribution in [0.25, 0.3) is 0 Å². The zero-order valence-corrected chi connectivity index (χ0v) is 33.6. The van der Waals surface area contributed by atoms with Crippen molar-refractivity contribution in [2.45, 2.75) is 116 Å². The number of amides is 8. The van der Waals surface area contributed by atoms with Gasteiger partial charge in [-0.1, -0.05) is 39.8 Å². The molecule has 0 spiro atoms. The summed E-state index contributed by atoms with van der Waals surface area (Å²) in [6.45, 7) is 8.26. The third-order valence-electron chi connectivity index (χ3n) is 9.49. The molecule has 2 aliphatic heterocycles. The van der Waals surface area contributed by atoms with Crippen LogP contribution in [-0.2, 0) is 49.3 Å². The standard InChI is InChI=1S/C36H55N8O12P/c1-19(2)29-35(51)41-26(18-28(37)46)33(49)43-30(20(3)4)36(52)44-16-8-10-27(44)34(50)38-15-7-6-9-24(39-21(5)45)31(47)40-25(32(48)42-29)17-22-11-13-23(14-12-22)56-57(53,54)55/h11-14,19-20,24-27,29-30H,6-10,15-18H2,1-5H3,(H2,37,46)(H,38,50)(H,39,45)(H,40,47)(H,41,51)(H,42,48)(H,43,49)(H2,53,54,55)/t24?,25-,26?,27-,29?,30-/m0/s1. The van der Waals surface area contributed by atoms with Gasteiger partial charge in [0.1, 0.15) is 42.0 Å². The molecule has 0 radical (unpaired) electrons. The third-order valence-corrected chi connectivity index (χ3v) is 9.94. The summed E-state index contributed by atoms with van der Waals surface area (Å²) in [6, 6.07) is -2.03. The normalized spacial score (nSPS) is 25.2. The lowest BCUT2D eigenvalue weighted by Gasteiger charge is -2.32. The lowest BCUT2D eigenvalue weighted by molar-refractivity contribution is -0.143. The maximum atomic E-state index is 14.0. The van der Waals surface area contributed by atoms with Gasteiger partial charge in [0, 0.05) is 26.4 Å². The molecule has 0 saturated carbocycles. The van der Waals surface area contributed by atoms with E-state index in [-0.39, 0.29) is 31.7 Å². The first-order valence-corrected chi connectivity index (χ1v) is 20.4. The van der Waals surface area contributed by atoms with Gasteiger partial charge in [-0.2, -0.15) is 0 Å². The topological polar surface area (TPSA) is 305 Å². The van der Waals surface area contributed by atoms with E-state index in [4.69, 9.17) is 15.5 Å². The molecule has 6 atom stereocenters. The molecule has 1 aromatic carbocycles. The quantitative estimate of drug-likeness (QED) is 0.130. The molecule has 1 aromatic rings. The summed E-state index contributed by atoms with van der Waals surface area (Å²) in [5.41, 5.74) is 5.85. The van der Waals surface area contributed by atoms with E-state index in [2.05, 4.69) is 36.4 Å². The van der Waals surface area contributed by atoms with Crippen molar-refractivity contribution in [3.05, 3.63) is 29.8 Å². The molecule has 0 aromatic heterocycles. The Balaban J connectivity index is 2.02. The Kier molecular flexibility index (Phi) is 17.0. The fourth-order valence-electron chi connectivity index (χ4n) is 6.57. The van der Waals surface area contributed by atoms with Gasteiger partial charge in [-0.25, -0.2) is 4.57 Å². The molecule has 316 valence electrons. The molecule has 3 unspecified atom stereocenters. The highest BCUT2D eigenvalue weighted by Gasteiger charge is 2.40. The van der Waals surface area contributed by atoms with Gasteiger partial charge in [0.05, 0.1) is 6.42 Å². The Labute approximate surface area is 330 Å². The second kappa shape index (κ2) is 20.9. The van der Waals surface area contributed by atoms with Gasteiger partial charge in [0.25, 0.3) is 0 Å². The highest BCUT2D eigenvalue weighted by Crippen LogP contribution is 2.37. The zero-order chi connectivity index (χ0) is 42.6. The molecule has 10 N–H and O–H groups in total. The average Bonchev–Trinajstić information content (AvgIpc) is 3.60. The Morgan fingerprint density at radius 1 is 0.825 bits per heavy atom. The van der Waals surface area contributed by atoms with E-state index >= 15 is 0 Å². The summed E-state index contributed by atoms with van der Waals surface area (Å²) in [4.78, 5) is 126. The van der Waals surface area contributed by atoms with Gasteiger partial charge >= 0.3 is 7.82 Å². The van der Waals surface area contributed by atoms with Gasteiger partial charge in [0.15, 0.2) is 0 Å². The summed E-state index contributed by atoms with van der Waals surface area (Å²) >= 11 is 0. The number of nitrogens with zero attached hydrogens (tertiary/aromatic N) is 1. The first-order chi connectivity index (χ1) is 26.7. The Morgan fingerprint density at radius 2 is 1.42 bits per heavy atom. The van der Waals surface area contributed by atoms with Crippen LogP contribution in [0.1, 0.15) is 78.7 Å². The lowest BCUT2D eigenvalue weighted by Crippen LogP contribution is -2.61. The van der Waals surface area contributed by atoms with Crippen LogP contribution in [0.5, 0.6) is 5.75 Å². The number of hydrogen-bond donors (Lipinski definition) is 9. The molecule has 2 aliphatic rings. The van der Waals surface area contributed by atoms with Crippen LogP contribution in [0, 0.1) is 11.8 Å². The first-order valence-electron chi connectivity index (χ1n) is 18.9. The Hall–Kier alpha value is -5.07. The van der Waals surface area contributed by atoms with Gasteiger partial charge < -0.3 is 47.1 Å². The maximum Gasteiger partial charge on any atom is 0.524 e. The van der Waals surface area contributed by atoms with Gasteiger partial charge in [-0.05, 0) is 61.6 Å². The number of phosphoric acid groups is 1. The molecule has 2 heterocycles. The molecule has 0 bridgehead atoms. The van der Waals surface area contributed by atoms with Crippen molar-refractivity contribution in [1.82, 2.24) is 36.8 Å². The van der Waals surface area contributed by atoms with E-state index < -0.39 is 110 Å². The fourth-order valence-corrected chi connectivity index (χ4v) is 6.96. The number of phosphoric ester groups is 1. The van der Waals surface area contributed by atoms with Crippen LogP contribution in [0.3, 0.4) is 0 Å². The van der Waals surface area contributed by atoms with E-state index in [0.717, 1.165) is 0 Å². The van der Waals surface area contributed by atoms with Gasteiger partial charge in [-0.15, -0.1) is 0 Å². The largest absolute Gasteiger partial charge is 0.524 e. The van der Waals surface area contributed by atoms with Crippen LogP contribution >= 0.6 is 7.82 Å². The zero-order valence-electron chi connectivity index (χ0n) is 32.7. The summed E-state index contributed by atoms with van der Waals surface area (Å²) in [5, 5.41) is 15.8. The van der Waals surface area contributed by atoms with Crippen molar-refractivity contribution in [1.29, 1.82) is 0 Å². The summed E-state index contributed by atoms with van der Waals surface area (Å²) in [6.07, 6.45) is 0.926. The molecule has 8 amide bonds. The highest BCUT2D eigenvalue weighted by atomic mass is 31.2. The van der Waals surface area contributed by atoms with Crippen molar-refractivity contribution >= 4 is 55.1 Å². The lowest BCUT2D eigenvalue weighted by atomic mass is 9.99. The molecule has 0 aliphatic carbocycles. The number of carbonyl (C=O) groups excluding carboxylic acids is 8. The van der Waals surface area contributed by atoms with E-state index in [1.54, 1.807) is 27.7 Å². The van der Waals surface area contributed by atoms with E-state index in [9.17, 15) is 42.9 Å². The molecule has 21 heteroatoms. The minimum absolute atomic E-state index is 0.117. The third kappa shape index (κ3) is 14.4. The molecular formula is C36H55N8O12P. The van der Waals surface area contributed by atoms with Crippen LogP contribution in [0.4, 0.5) is 0 Å². The second-order valence-corrected chi connectivity index (χ2v) is 16.1. The van der Waals surface area contributed by atoms with Crippen molar-refractivity contribution in [3.63, 3.8) is 0 Å². The number of benzene rings is 1. The van der Waals surface area contributed by atoms with E-state index in [1.165, 1.54) is 36.1 Å². The molecule has 20 nitrogen and oxygen atoms in total. The smallest absolute Gasteiger partial charge is 0.404 e. The van der Waals surface area contributed by atoms with Crippen molar-refractivity contribution in [2.24, 2.45) is 17.6 Å². The second-order valence-electron chi connectivity index (χ2n) is 14.9. The molecule has 57 heavy (non-hydrogen) atoms. The fraction of sp³-hybridized carbons (Fsp3) is 0.611. The Morgan fingerprint density at radius 3 is 2.00 bits per heavy atom. The van der Waals surface area contributed by atoms with Crippen LogP contribution in [-0.4, -0.2) is 111 Å². The van der Waals surface area contributed by atoms with E-state index in [0.29, 0.717) is 31.2 Å². The molecule has 2 fully saturated rings. The van der Waals surface area contributed by atoms with Crippen molar-refractivity contribution in [2.75, 3.05) is 13.1 Å². The number of carbonyl (C=O) groups is 8. The summed E-state index contributed by atoms with van der Waals surface area (Å²) in [7, 11) is -4.87. The molecular weight excluding hydrogens is 767 g/mol. The number of fused-ring (bicyclic) bond motifs is 1. The van der Waals surface area contributed by atoms with Crippen LogP contribution < -0.4 is 42.2 Å². The van der Waals surface area contributed by atoms with Crippen molar-refractivity contribution in [3.8, 4) is 5.75 Å². The number of rotatable bonds is 9. The van der Waals surface area contributed by atoms with Gasteiger partial charge in [-0.3, -0.25) is 48.1 Å². The molecule has 3 rings (SSSR count). The first kappa shape index (κ1) is 46.3. The minimum atomic E-state index is -4.87. The Bertz CT molecular complexity index is 1700. The van der Waals surface area contributed by atoms with E-state index in [1.807, 2.05) is 0 Å².